The number of aliphatic hydroxyl groups excluding tert-OH is 10. The first kappa shape index (κ1) is 65.0. The van der Waals surface area contributed by atoms with Crippen LogP contribution in [-0.4, -0.2) is 163 Å². The van der Waals surface area contributed by atoms with Crippen molar-refractivity contribution >= 4 is 5.91 Å². The van der Waals surface area contributed by atoms with E-state index in [4.69, 9.17) is 18.9 Å². The number of rotatable bonds is 44. The quantitative estimate of drug-likeness (QED) is 0.0297. The molecular formula is C54H105NO15. The van der Waals surface area contributed by atoms with E-state index in [1.807, 2.05) is 0 Å². The minimum absolute atomic E-state index is 0.192. The Morgan fingerprint density at radius 3 is 1.31 bits per heavy atom. The summed E-state index contributed by atoms with van der Waals surface area (Å²) in [6.45, 7) is 4.69. The summed E-state index contributed by atoms with van der Waals surface area (Å²) in [6, 6.07) is -1.31. The molecule has 2 aliphatic rings. The summed E-state index contributed by atoms with van der Waals surface area (Å²) in [5.41, 5.74) is 0. The van der Waals surface area contributed by atoms with Crippen LogP contribution in [0.1, 0.15) is 226 Å². The van der Waals surface area contributed by atoms with Crippen molar-refractivity contribution in [1.29, 1.82) is 0 Å². The highest BCUT2D eigenvalue weighted by atomic mass is 16.8. The van der Waals surface area contributed by atoms with Crippen LogP contribution in [0.25, 0.3) is 0 Å². The second kappa shape index (κ2) is 40.3. The van der Waals surface area contributed by atoms with Gasteiger partial charge in [0.2, 0.25) is 5.91 Å². The predicted molar refractivity (Wildman–Crippen MR) is 271 cm³/mol. The predicted octanol–water partition coefficient (Wildman–Crippen LogP) is 6.35. The molecule has 0 unspecified atom stereocenters. The normalized spacial score (nSPS) is 26.9. The molecule has 0 aromatic heterocycles. The first-order valence-electron chi connectivity index (χ1n) is 28.3. The number of hydrogen-bond donors (Lipinski definition) is 11. The number of hydrogen-bond acceptors (Lipinski definition) is 15. The smallest absolute Gasteiger partial charge is 0.249 e. The number of ether oxygens (including phenoxy) is 4. The topological polar surface area (TPSA) is 268 Å². The largest absolute Gasteiger partial charge is 0.394 e. The van der Waals surface area contributed by atoms with Crippen LogP contribution in [-0.2, 0) is 23.7 Å². The Morgan fingerprint density at radius 1 is 0.500 bits per heavy atom. The molecule has 1 amide bonds. The van der Waals surface area contributed by atoms with E-state index in [-0.39, 0.29) is 12.8 Å². The average Bonchev–Trinajstić information content (AvgIpc) is 3.35. The van der Waals surface area contributed by atoms with Gasteiger partial charge in [0.1, 0.15) is 61.0 Å². The first-order chi connectivity index (χ1) is 33.8. The molecule has 0 radical (unpaired) electrons. The van der Waals surface area contributed by atoms with Gasteiger partial charge >= 0.3 is 0 Å². The lowest BCUT2D eigenvalue weighted by Gasteiger charge is -2.46. The molecular weight excluding hydrogens is 903 g/mol. The SMILES string of the molecule is CCCCCCCCCCCCCCCCCCCCCC[C@@H](O)C(=O)N[C@@H](CO[C@H]1O[C@H](CO)[C@H](O)[C@H](O)[C@H]1O[C@H]1O[C@H](CO)[C@@H](O)[C@H](O)[C@H]1O)[C@H](O)[C@H](O)CCCCCCCCCCCC(C)C. The Bertz CT molecular complexity index is 1240. The van der Waals surface area contributed by atoms with E-state index in [0.29, 0.717) is 12.8 Å². The van der Waals surface area contributed by atoms with Crippen molar-refractivity contribution in [2.45, 2.75) is 312 Å². The van der Waals surface area contributed by atoms with Gasteiger partial charge in [0.15, 0.2) is 12.6 Å². The molecule has 14 atom stereocenters. The van der Waals surface area contributed by atoms with Crippen LogP contribution in [0.5, 0.6) is 0 Å². The second-order valence-electron chi connectivity index (χ2n) is 21.2. The van der Waals surface area contributed by atoms with Gasteiger partial charge in [0, 0.05) is 0 Å². The molecule has 0 aromatic carbocycles. The molecule has 16 nitrogen and oxygen atoms in total. The van der Waals surface area contributed by atoms with Crippen molar-refractivity contribution in [3.05, 3.63) is 0 Å². The molecule has 16 heteroatoms. The lowest BCUT2D eigenvalue weighted by atomic mass is 9.97. The minimum Gasteiger partial charge on any atom is -0.394 e. The van der Waals surface area contributed by atoms with Crippen molar-refractivity contribution in [2.75, 3.05) is 19.8 Å². The zero-order chi connectivity index (χ0) is 51.5. The molecule has 0 aliphatic carbocycles. The van der Waals surface area contributed by atoms with Crippen LogP contribution in [0.4, 0.5) is 0 Å². The Hall–Kier alpha value is -1.09. The minimum atomic E-state index is -1.87. The Kier molecular flexibility index (Phi) is 37.4. The van der Waals surface area contributed by atoms with E-state index in [0.717, 1.165) is 57.3 Å². The van der Waals surface area contributed by atoms with Gasteiger partial charge in [-0.1, -0.05) is 213 Å². The molecule has 0 bridgehead atoms. The number of nitrogens with one attached hydrogen (secondary N) is 1. The summed E-state index contributed by atoms with van der Waals surface area (Å²) in [7, 11) is 0. The van der Waals surface area contributed by atoms with Gasteiger partial charge in [-0.25, -0.2) is 0 Å². The van der Waals surface area contributed by atoms with Crippen molar-refractivity contribution in [2.24, 2.45) is 5.92 Å². The number of unbranched alkanes of at least 4 members (excludes halogenated alkanes) is 27. The van der Waals surface area contributed by atoms with Gasteiger partial charge in [0.25, 0.3) is 0 Å². The summed E-state index contributed by atoms with van der Waals surface area (Å²) in [5.74, 6) is -0.0403. The van der Waals surface area contributed by atoms with Gasteiger partial charge in [-0.2, -0.15) is 0 Å². The lowest BCUT2D eigenvalue weighted by Crippen LogP contribution is -2.65. The Morgan fingerprint density at radius 2 is 0.886 bits per heavy atom. The van der Waals surface area contributed by atoms with Crippen LogP contribution in [0.2, 0.25) is 0 Å². The van der Waals surface area contributed by atoms with Crippen LogP contribution >= 0.6 is 0 Å². The van der Waals surface area contributed by atoms with Gasteiger partial charge in [-0.05, 0) is 18.8 Å². The molecule has 2 aliphatic heterocycles. The summed E-state index contributed by atoms with van der Waals surface area (Å²) in [4.78, 5) is 13.4. The standard InChI is InChI=1S/C54H105NO15/c1-4-5-6-7-8-9-10-11-12-13-14-15-16-17-18-19-22-26-29-32-35-42(59)52(66)55-40(45(60)41(58)34-31-28-25-23-20-21-24-27-30-33-39(2)3)38-67-54-51(49(64)47(62)44(37-57)69-54)70-53-50(65)48(63)46(61)43(36-56)68-53/h39-51,53-54,56-65H,4-38H2,1-3H3,(H,55,66)/t40-,41+,42+,43+,44+,45-,46+,47-,48-,49-,50+,51+,53+,54-/m0/s1. The van der Waals surface area contributed by atoms with Crippen LogP contribution in [0.3, 0.4) is 0 Å². The third-order valence-electron chi connectivity index (χ3n) is 14.5. The number of carbonyl (C=O) groups excluding carboxylic acids is 1. The zero-order valence-electron chi connectivity index (χ0n) is 43.9. The highest BCUT2D eigenvalue weighted by molar-refractivity contribution is 5.80. The second-order valence-corrected chi connectivity index (χ2v) is 21.2. The maximum atomic E-state index is 13.4. The molecule has 416 valence electrons. The molecule has 2 heterocycles. The third kappa shape index (κ3) is 26.9. The van der Waals surface area contributed by atoms with Gasteiger partial charge in [0.05, 0.1) is 32.0 Å². The molecule has 2 saturated heterocycles. The highest BCUT2D eigenvalue weighted by Gasteiger charge is 2.51. The van der Waals surface area contributed by atoms with Gasteiger partial charge < -0.3 is 75.3 Å². The molecule has 0 spiro atoms. The van der Waals surface area contributed by atoms with E-state index < -0.39 is 111 Å². The maximum Gasteiger partial charge on any atom is 0.249 e. The van der Waals surface area contributed by atoms with E-state index in [9.17, 15) is 55.9 Å². The molecule has 11 N–H and O–H groups in total. The zero-order valence-corrected chi connectivity index (χ0v) is 43.9. The fourth-order valence-electron chi connectivity index (χ4n) is 9.68. The van der Waals surface area contributed by atoms with Gasteiger partial charge in [-0.3, -0.25) is 4.79 Å². The number of amides is 1. The summed E-state index contributed by atoms with van der Waals surface area (Å²) in [5, 5.41) is 109. The number of aliphatic hydroxyl groups is 10. The van der Waals surface area contributed by atoms with Gasteiger partial charge in [-0.15, -0.1) is 0 Å². The fraction of sp³-hybridized carbons (Fsp3) is 0.981. The molecule has 0 saturated carbocycles. The molecule has 2 fully saturated rings. The average molecular weight is 1010 g/mol. The van der Waals surface area contributed by atoms with E-state index in [1.54, 1.807) is 0 Å². The number of carbonyl (C=O) groups is 1. The fourth-order valence-corrected chi connectivity index (χ4v) is 9.68. The summed E-state index contributed by atoms with van der Waals surface area (Å²) < 4.78 is 22.9. The molecule has 70 heavy (non-hydrogen) atoms. The summed E-state index contributed by atoms with van der Waals surface area (Å²) in [6.07, 6.45) is 15.1. The van der Waals surface area contributed by atoms with Crippen LogP contribution in [0, 0.1) is 5.92 Å². The summed E-state index contributed by atoms with van der Waals surface area (Å²) >= 11 is 0. The van der Waals surface area contributed by atoms with Crippen molar-refractivity contribution in [3.8, 4) is 0 Å². The Balaban J connectivity index is 1.89. The van der Waals surface area contributed by atoms with E-state index in [2.05, 4.69) is 26.1 Å². The van der Waals surface area contributed by atoms with Crippen molar-refractivity contribution < 1.29 is 74.8 Å². The molecule has 2 rings (SSSR count). The first-order valence-corrected chi connectivity index (χ1v) is 28.3. The van der Waals surface area contributed by atoms with E-state index >= 15 is 0 Å². The lowest BCUT2D eigenvalue weighted by molar-refractivity contribution is -0.368. The Labute approximate surface area is 422 Å². The van der Waals surface area contributed by atoms with E-state index in [1.165, 1.54) is 128 Å². The maximum absolute atomic E-state index is 13.4. The molecule has 0 aromatic rings. The van der Waals surface area contributed by atoms with Crippen LogP contribution < -0.4 is 5.32 Å². The monoisotopic (exact) mass is 1010 g/mol. The third-order valence-corrected chi connectivity index (χ3v) is 14.5. The van der Waals surface area contributed by atoms with Crippen LogP contribution in [0.15, 0.2) is 0 Å². The van der Waals surface area contributed by atoms with Crippen molar-refractivity contribution in [1.82, 2.24) is 5.32 Å². The highest BCUT2D eigenvalue weighted by Crippen LogP contribution is 2.30. The van der Waals surface area contributed by atoms with Crippen molar-refractivity contribution in [3.63, 3.8) is 0 Å².